The van der Waals surface area contributed by atoms with Gasteiger partial charge < -0.3 is 15.5 Å². The lowest BCUT2D eigenvalue weighted by Crippen LogP contribution is -2.36. The lowest BCUT2D eigenvalue weighted by molar-refractivity contribution is -0.117. The summed E-state index contributed by atoms with van der Waals surface area (Å²) in [6.45, 7) is 7.12. The SMILES string of the molecule is CC(C)CCC(C)NC(=O)Nc1cccc(N2CCCC2=O)c1. The molecule has 1 aromatic carbocycles. The first-order chi connectivity index (χ1) is 11.0. The van der Waals surface area contributed by atoms with Crippen molar-refractivity contribution in [3.05, 3.63) is 24.3 Å². The molecule has 1 aliphatic rings. The van der Waals surface area contributed by atoms with Gasteiger partial charge in [-0.1, -0.05) is 19.9 Å². The zero-order valence-electron chi connectivity index (χ0n) is 14.3. The molecule has 2 N–H and O–H groups in total. The highest BCUT2D eigenvalue weighted by molar-refractivity contribution is 5.96. The topological polar surface area (TPSA) is 61.4 Å². The van der Waals surface area contributed by atoms with Crippen molar-refractivity contribution in [3.8, 4) is 0 Å². The first-order valence-corrected chi connectivity index (χ1v) is 8.43. The minimum Gasteiger partial charge on any atom is -0.335 e. The predicted octanol–water partition coefficient (Wildman–Crippen LogP) is 3.76. The van der Waals surface area contributed by atoms with Gasteiger partial charge in [0.2, 0.25) is 5.91 Å². The number of anilines is 2. The molecule has 23 heavy (non-hydrogen) atoms. The Morgan fingerprint density at radius 2 is 2.04 bits per heavy atom. The highest BCUT2D eigenvalue weighted by Gasteiger charge is 2.21. The number of hydrogen-bond donors (Lipinski definition) is 2. The zero-order chi connectivity index (χ0) is 16.8. The van der Waals surface area contributed by atoms with E-state index in [2.05, 4.69) is 24.5 Å². The van der Waals surface area contributed by atoms with Gasteiger partial charge in [0.1, 0.15) is 0 Å². The van der Waals surface area contributed by atoms with Crippen LogP contribution in [0.2, 0.25) is 0 Å². The van der Waals surface area contributed by atoms with E-state index in [4.69, 9.17) is 0 Å². The van der Waals surface area contributed by atoms with Crippen LogP contribution in [0.4, 0.5) is 16.2 Å². The van der Waals surface area contributed by atoms with Crippen LogP contribution in [0.5, 0.6) is 0 Å². The molecule has 0 spiro atoms. The second-order valence-electron chi connectivity index (χ2n) is 6.67. The standard InChI is InChI=1S/C18H27N3O2/c1-13(2)9-10-14(3)19-18(23)20-15-6-4-7-16(12-15)21-11-5-8-17(21)22/h4,6-7,12-14H,5,8-11H2,1-3H3,(H2,19,20,23). The van der Waals surface area contributed by atoms with E-state index in [1.807, 2.05) is 31.2 Å². The monoisotopic (exact) mass is 317 g/mol. The Bertz CT molecular complexity index is 557. The van der Waals surface area contributed by atoms with E-state index in [0.29, 0.717) is 18.0 Å². The van der Waals surface area contributed by atoms with Crippen LogP contribution in [0.3, 0.4) is 0 Å². The van der Waals surface area contributed by atoms with Crippen LogP contribution >= 0.6 is 0 Å². The zero-order valence-corrected chi connectivity index (χ0v) is 14.3. The molecule has 0 saturated carbocycles. The molecular weight excluding hydrogens is 290 g/mol. The number of carbonyl (C=O) groups is 2. The van der Waals surface area contributed by atoms with E-state index in [0.717, 1.165) is 31.5 Å². The molecule has 1 saturated heterocycles. The van der Waals surface area contributed by atoms with Crippen molar-refractivity contribution in [2.45, 2.75) is 52.5 Å². The molecule has 1 aromatic rings. The molecule has 0 bridgehead atoms. The van der Waals surface area contributed by atoms with Crippen molar-refractivity contribution in [2.75, 3.05) is 16.8 Å². The number of nitrogens with zero attached hydrogens (tertiary/aromatic N) is 1. The van der Waals surface area contributed by atoms with Crippen LogP contribution in [0.1, 0.15) is 46.5 Å². The second kappa shape index (κ2) is 7.99. The van der Waals surface area contributed by atoms with Gasteiger partial charge in [0.05, 0.1) is 0 Å². The fourth-order valence-electron chi connectivity index (χ4n) is 2.72. The molecule has 1 heterocycles. The number of nitrogens with one attached hydrogen (secondary N) is 2. The smallest absolute Gasteiger partial charge is 0.319 e. The first-order valence-electron chi connectivity index (χ1n) is 8.43. The van der Waals surface area contributed by atoms with Crippen molar-refractivity contribution in [1.82, 2.24) is 5.32 Å². The number of hydrogen-bond acceptors (Lipinski definition) is 2. The largest absolute Gasteiger partial charge is 0.335 e. The fourth-order valence-corrected chi connectivity index (χ4v) is 2.72. The number of carbonyl (C=O) groups excluding carboxylic acids is 2. The number of amides is 3. The molecule has 0 aliphatic carbocycles. The van der Waals surface area contributed by atoms with Crippen LogP contribution in [0, 0.1) is 5.92 Å². The Morgan fingerprint density at radius 1 is 1.26 bits per heavy atom. The van der Waals surface area contributed by atoms with E-state index in [1.54, 1.807) is 4.90 Å². The van der Waals surface area contributed by atoms with Gasteiger partial charge >= 0.3 is 6.03 Å². The molecule has 1 unspecified atom stereocenters. The van der Waals surface area contributed by atoms with E-state index in [1.165, 1.54) is 0 Å². The fraction of sp³-hybridized carbons (Fsp3) is 0.556. The number of urea groups is 1. The Hall–Kier alpha value is -2.04. The normalized spacial score (nSPS) is 15.8. The van der Waals surface area contributed by atoms with E-state index < -0.39 is 0 Å². The van der Waals surface area contributed by atoms with Crippen LogP contribution in [-0.4, -0.2) is 24.5 Å². The molecule has 5 heteroatoms. The average Bonchev–Trinajstić information content (AvgIpc) is 2.91. The maximum atomic E-state index is 12.1. The molecule has 0 radical (unpaired) electrons. The molecule has 5 nitrogen and oxygen atoms in total. The van der Waals surface area contributed by atoms with Gasteiger partial charge in [0, 0.05) is 30.4 Å². The van der Waals surface area contributed by atoms with Crippen LogP contribution in [0.25, 0.3) is 0 Å². The minimum atomic E-state index is -0.203. The van der Waals surface area contributed by atoms with Crippen molar-refractivity contribution in [2.24, 2.45) is 5.92 Å². The molecule has 1 atom stereocenters. The van der Waals surface area contributed by atoms with Gasteiger partial charge in [0.15, 0.2) is 0 Å². The summed E-state index contributed by atoms with van der Waals surface area (Å²) in [5.41, 5.74) is 1.55. The van der Waals surface area contributed by atoms with E-state index >= 15 is 0 Å². The third kappa shape index (κ3) is 5.27. The summed E-state index contributed by atoms with van der Waals surface area (Å²) < 4.78 is 0. The predicted molar refractivity (Wildman–Crippen MR) is 93.7 cm³/mol. The quantitative estimate of drug-likeness (QED) is 0.839. The van der Waals surface area contributed by atoms with Gasteiger partial charge in [-0.3, -0.25) is 4.79 Å². The summed E-state index contributed by atoms with van der Waals surface area (Å²) >= 11 is 0. The maximum Gasteiger partial charge on any atom is 0.319 e. The summed E-state index contributed by atoms with van der Waals surface area (Å²) in [5, 5.41) is 5.80. The summed E-state index contributed by atoms with van der Waals surface area (Å²) in [4.78, 5) is 25.6. The summed E-state index contributed by atoms with van der Waals surface area (Å²) in [6.07, 6.45) is 3.55. The van der Waals surface area contributed by atoms with Crippen LogP contribution in [0.15, 0.2) is 24.3 Å². The van der Waals surface area contributed by atoms with Gasteiger partial charge in [-0.15, -0.1) is 0 Å². The molecule has 3 amide bonds. The highest BCUT2D eigenvalue weighted by atomic mass is 16.2. The Morgan fingerprint density at radius 3 is 2.70 bits per heavy atom. The molecule has 126 valence electrons. The maximum absolute atomic E-state index is 12.1. The summed E-state index contributed by atoms with van der Waals surface area (Å²) in [5.74, 6) is 0.783. The van der Waals surface area contributed by atoms with Gasteiger partial charge in [-0.25, -0.2) is 4.79 Å². The van der Waals surface area contributed by atoms with Crippen molar-refractivity contribution < 1.29 is 9.59 Å². The Labute approximate surface area is 138 Å². The number of benzene rings is 1. The van der Waals surface area contributed by atoms with Gasteiger partial charge in [0.25, 0.3) is 0 Å². The van der Waals surface area contributed by atoms with Gasteiger partial charge in [-0.2, -0.15) is 0 Å². The summed E-state index contributed by atoms with van der Waals surface area (Å²) in [6, 6.07) is 7.38. The van der Waals surface area contributed by atoms with Crippen LogP contribution in [-0.2, 0) is 4.79 Å². The molecule has 1 aliphatic heterocycles. The average molecular weight is 317 g/mol. The summed E-state index contributed by atoms with van der Waals surface area (Å²) in [7, 11) is 0. The lowest BCUT2D eigenvalue weighted by Gasteiger charge is -2.18. The molecule has 0 aromatic heterocycles. The first kappa shape index (κ1) is 17.3. The molecule has 2 rings (SSSR count). The van der Waals surface area contributed by atoms with E-state index in [-0.39, 0.29) is 18.0 Å². The molecular formula is C18H27N3O2. The second-order valence-corrected chi connectivity index (χ2v) is 6.67. The Balaban J connectivity index is 1.89. The van der Waals surface area contributed by atoms with Crippen molar-refractivity contribution in [3.63, 3.8) is 0 Å². The molecule has 1 fully saturated rings. The van der Waals surface area contributed by atoms with Crippen molar-refractivity contribution in [1.29, 1.82) is 0 Å². The van der Waals surface area contributed by atoms with Crippen molar-refractivity contribution >= 4 is 23.3 Å². The highest BCUT2D eigenvalue weighted by Crippen LogP contribution is 2.24. The van der Waals surface area contributed by atoms with Crippen LogP contribution < -0.4 is 15.5 Å². The van der Waals surface area contributed by atoms with E-state index in [9.17, 15) is 9.59 Å². The Kier molecular flexibility index (Phi) is 6.02. The van der Waals surface area contributed by atoms with Gasteiger partial charge in [-0.05, 0) is 50.3 Å². The third-order valence-electron chi connectivity index (χ3n) is 4.04. The third-order valence-corrected chi connectivity index (χ3v) is 4.04. The number of rotatable bonds is 6. The minimum absolute atomic E-state index is 0.140. The lowest BCUT2D eigenvalue weighted by atomic mass is 10.0.